The lowest BCUT2D eigenvalue weighted by Crippen LogP contribution is -1.72. The zero-order valence-corrected chi connectivity index (χ0v) is 11.0. The summed E-state index contributed by atoms with van der Waals surface area (Å²) in [5.74, 6) is 0. The van der Waals surface area contributed by atoms with Crippen LogP contribution >= 0.6 is 0 Å². The zero-order valence-electron chi connectivity index (χ0n) is 11.0. The molecule has 4 heteroatoms. The Balaban J connectivity index is 2.77. The number of nitrogens with zero attached hydrogens (tertiary/aromatic N) is 3. The van der Waals surface area contributed by atoms with Crippen LogP contribution in [0.2, 0.25) is 0 Å². The van der Waals surface area contributed by atoms with Gasteiger partial charge >= 0.3 is 0 Å². The molecule has 0 aliphatic carbocycles. The van der Waals surface area contributed by atoms with Crippen LogP contribution in [0.15, 0.2) is 95.1 Å². The van der Waals surface area contributed by atoms with Crippen molar-refractivity contribution in [1.82, 2.24) is 0 Å². The van der Waals surface area contributed by atoms with Gasteiger partial charge in [-0.25, -0.2) is 0 Å². The van der Waals surface area contributed by atoms with E-state index < -0.39 is 0 Å². The molecule has 0 spiro atoms. The molecule has 0 N–H and O–H groups in total. The molecule has 0 aromatic carbocycles. The lowest BCUT2D eigenvalue weighted by Gasteiger charge is -1.85. The van der Waals surface area contributed by atoms with Gasteiger partial charge in [0.1, 0.15) is 6.26 Å². The molecule has 0 amide bonds. The minimum Gasteiger partial charge on any atom is -0.348 e. The lowest BCUT2D eigenvalue weighted by atomic mass is 10.2. The first-order chi connectivity index (χ1) is 9.93. The molecule has 1 aliphatic rings. The summed E-state index contributed by atoms with van der Waals surface area (Å²) < 4.78 is 0. The Morgan fingerprint density at radius 2 is 1.70 bits per heavy atom. The Hall–Kier alpha value is -2.93. The van der Waals surface area contributed by atoms with Crippen LogP contribution in [-0.4, -0.2) is 6.54 Å². The third kappa shape index (κ3) is 8.20. The second-order valence-corrected chi connectivity index (χ2v) is 3.52. The first-order valence-corrected chi connectivity index (χ1v) is 6.06. The van der Waals surface area contributed by atoms with Crippen molar-refractivity contribution < 1.29 is 4.84 Å². The largest absolute Gasteiger partial charge is 0.348 e. The first-order valence-electron chi connectivity index (χ1n) is 6.06. The third-order valence-corrected chi connectivity index (χ3v) is 2.03. The Labute approximate surface area is 118 Å². The van der Waals surface area contributed by atoms with E-state index in [1.54, 1.807) is 30.4 Å². The maximum absolute atomic E-state index is 8.93. The van der Waals surface area contributed by atoms with Gasteiger partial charge in [0.25, 0.3) is 0 Å². The molecule has 4 nitrogen and oxygen atoms in total. The Kier molecular flexibility index (Phi) is 8.45. The maximum atomic E-state index is 8.93. The molecule has 100 valence electrons. The predicted molar refractivity (Wildman–Crippen MR) is 79.3 cm³/mol. The number of allylic oxidation sites excluding steroid dienone is 12. The summed E-state index contributed by atoms with van der Waals surface area (Å²) in [6, 6.07) is 2.10. The van der Waals surface area contributed by atoms with E-state index in [0.717, 1.165) is 0 Å². The van der Waals surface area contributed by atoms with E-state index in [-0.39, 0.29) is 0 Å². The van der Waals surface area contributed by atoms with Crippen LogP contribution < -0.4 is 0 Å². The summed E-state index contributed by atoms with van der Waals surface area (Å²) in [6.07, 6.45) is 23.1. The van der Waals surface area contributed by atoms with Gasteiger partial charge in [-0.15, -0.1) is 5.11 Å². The Bertz CT molecular complexity index is 553. The van der Waals surface area contributed by atoms with Crippen molar-refractivity contribution in [3.05, 3.63) is 84.7 Å². The molecule has 1 rings (SSSR count). The molecule has 1 aliphatic heterocycles. The normalized spacial score (nSPS) is 16.1. The highest BCUT2D eigenvalue weighted by Crippen LogP contribution is 1.97. The number of hydrogen-bond acceptors (Lipinski definition) is 4. The van der Waals surface area contributed by atoms with Crippen molar-refractivity contribution in [2.45, 2.75) is 0 Å². The van der Waals surface area contributed by atoms with Crippen molar-refractivity contribution >= 4 is 0 Å². The molecule has 20 heavy (non-hydrogen) atoms. The van der Waals surface area contributed by atoms with Crippen LogP contribution in [0, 0.1) is 11.3 Å². The van der Waals surface area contributed by atoms with Gasteiger partial charge in [0.15, 0.2) is 0 Å². The quantitative estimate of drug-likeness (QED) is 0.661. The summed E-state index contributed by atoms with van der Waals surface area (Å²) in [6.45, 7) is 0.419. The SMILES string of the molecule is N#CC1=CC=CC=CC=CC=CON=NCC=CC=C1. The topological polar surface area (TPSA) is 57.7 Å². The summed E-state index contributed by atoms with van der Waals surface area (Å²) in [7, 11) is 0. The monoisotopic (exact) mass is 265 g/mol. The van der Waals surface area contributed by atoms with E-state index in [4.69, 9.17) is 10.1 Å². The zero-order chi connectivity index (χ0) is 14.3. The molecule has 0 fully saturated rings. The molecule has 0 aromatic rings. The van der Waals surface area contributed by atoms with Crippen molar-refractivity contribution in [2.24, 2.45) is 10.4 Å². The van der Waals surface area contributed by atoms with E-state index in [1.807, 2.05) is 42.5 Å². The summed E-state index contributed by atoms with van der Waals surface area (Å²) in [4.78, 5) is 4.80. The van der Waals surface area contributed by atoms with E-state index >= 15 is 0 Å². The summed E-state index contributed by atoms with van der Waals surface area (Å²) >= 11 is 0. The second kappa shape index (κ2) is 11.2. The van der Waals surface area contributed by atoms with E-state index in [0.29, 0.717) is 12.1 Å². The molecule has 0 aromatic heterocycles. The lowest BCUT2D eigenvalue weighted by molar-refractivity contribution is 0.238. The number of rotatable bonds is 0. The minimum absolute atomic E-state index is 0.419. The van der Waals surface area contributed by atoms with Crippen LogP contribution in [0.1, 0.15) is 0 Å². The highest BCUT2D eigenvalue weighted by atomic mass is 16.6. The molecule has 0 atom stereocenters. The van der Waals surface area contributed by atoms with Gasteiger partial charge in [0.05, 0.1) is 18.2 Å². The van der Waals surface area contributed by atoms with Crippen LogP contribution in [0.25, 0.3) is 0 Å². The van der Waals surface area contributed by atoms with E-state index in [1.165, 1.54) is 6.26 Å². The fourth-order valence-electron chi connectivity index (χ4n) is 1.13. The van der Waals surface area contributed by atoms with Gasteiger partial charge in [-0.3, -0.25) is 0 Å². The van der Waals surface area contributed by atoms with Gasteiger partial charge in [-0.1, -0.05) is 54.7 Å². The average molecular weight is 265 g/mol. The Morgan fingerprint density at radius 1 is 0.950 bits per heavy atom. The number of hydrogen-bond donors (Lipinski definition) is 0. The first kappa shape index (κ1) is 15.1. The fourth-order valence-corrected chi connectivity index (χ4v) is 1.13. The summed E-state index contributed by atoms with van der Waals surface area (Å²) in [5.41, 5.74) is 0.573. The highest BCUT2D eigenvalue weighted by Gasteiger charge is 1.83. The molecular weight excluding hydrogens is 250 g/mol. The minimum atomic E-state index is 0.419. The summed E-state index contributed by atoms with van der Waals surface area (Å²) in [5, 5.41) is 16.2. The molecule has 0 bridgehead atoms. The van der Waals surface area contributed by atoms with Gasteiger partial charge in [0, 0.05) is 5.28 Å². The molecule has 0 radical (unpaired) electrons. The molecule has 0 saturated carbocycles. The molecular formula is C16H15N3O. The van der Waals surface area contributed by atoms with Crippen molar-refractivity contribution in [3.8, 4) is 6.07 Å². The maximum Gasteiger partial charge on any atom is 0.124 e. The van der Waals surface area contributed by atoms with Crippen LogP contribution in [0.4, 0.5) is 0 Å². The van der Waals surface area contributed by atoms with Gasteiger partial charge in [-0.2, -0.15) is 5.26 Å². The van der Waals surface area contributed by atoms with Crippen LogP contribution in [0.5, 0.6) is 0 Å². The predicted octanol–water partition coefficient (Wildman–Crippen LogP) is 4.13. The standard InChI is InChI=1S/C16H15N3O/c17-15-16-11-7-4-2-1-3-5-10-14-20-19-18-13-9-6-8-12-16/h1-12,14H,13H2. The average Bonchev–Trinajstić information content (AvgIpc) is 2.47. The van der Waals surface area contributed by atoms with Crippen LogP contribution in [0.3, 0.4) is 0 Å². The van der Waals surface area contributed by atoms with Gasteiger partial charge in [0.2, 0.25) is 0 Å². The molecule has 0 unspecified atom stereocenters. The molecule has 0 saturated heterocycles. The second-order valence-electron chi connectivity index (χ2n) is 3.52. The highest BCUT2D eigenvalue weighted by molar-refractivity contribution is 5.37. The van der Waals surface area contributed by atoms with Crippen molar-refractivity contribution in [2.75, 3.05) is 6.54 Å². The fraction of sp³-hybridized carbons (Fsp3) is 0.0625. The Morgan fingerprint density at radius 3 is 2.50 bits per heavy atom. The van der Waals surface area contributed by atoms with Crippen molar-refractivity contribution in [3.63, 3.8) is 0 Å². The van der Waals surface area contributed by atoms with E-state index in [2.05, 4.69) is 16.5 Å². The van der Waals surface area contributed by atoms with Crippen molar-refractivity contribution in [1.29, 1.82) is 5.26 Å². The van der Waals surface area contributed by atoms with Crippen LogP contribution in [-0.2, 0) is 4.84 Å². The van der Waals surface area contributed by atoms with E-state index in [9.17, 15) is 0 Å². The molecule has 1 heterocycles. The van der Waals surface area contributed by atoms with Gasteiger partial charge < -0.3 is 4.84 Å². The smallest absolute Gasteiger partial charge is 0.124 e. The third-order valence-electron chi connectivity index (χ3n) is 2.03. The number of nitriles is 1. The van der Waals surface area contributed by atoms with Gasteiger partial charge in [-0.05, 0) is 18.2 Å².